The number of piperazine rings is 1. The van der Waals surface area contributed by atoms with Crippen molar-refractivity contribution >= 4 is 41.8 Å². The first-order chi connectivity index (χ1) is 12.5. The molecule has 27 heavy (non-hydrogen) atoms. The summed E-state index contributed by atoms with van der Waals surface area (Å²) in [6.07, 6.45) is 2.31. The lowest BCUT2D eigenvalue weighted by Gasteiger charge is -2.31. The van der Waals surface area contributed by atoms with Gasteiger partial charge in [-0.1, -0.05) is 19.1 Å². The fraction of sp³-hybridized carbons (Fsp3) is 0.526. The van der Waals surface area contributed by atoms with Crippen LogP contribution in [0.2, 0.25) is 0 Å². The van der Waals surface area contributed by atoms with Crippen molar-refractivity contribution in [3.8, 4) is 0 Å². The van der Waals surface area contributed by atoms with Gasteiger partial charge in [0.1, 0.15) is 0 Å². The standard InChI is InChI=1S/C19H27N5O2.HI/c1-14-6-9-23(10-7-14)19(20)22-12-15-2-4-16(5-3-15)18(26)24-11-8-21-17(25)13-24;/h2-5,14H,6-13H2,1H3,(H2,20,22)(H,21,25);1H. The molecule has 0 spiro atoms. The van der Waals surface area contributed by atoms with Crippen LogP contribution in [0.15, 0.2) is 29.3 Å². The Hall–Kier alpha value is -1.84. The summed E-state index contributed by atoms with van der Waals surface area (Å²) in [7, 11) is 0. The van der Waals surface area contributed by atoms with Crippen molar-refractivity contribution < 1.29 is 9.59 Å². The van der Waals surface area contributed by atoms with Crippen molar-refractivity contribution in [2.45, 2.75) is 26.3 Å². The van der Waals surface area contributed by atoms with Gasteiger partial charge in [0, 0.05) is 31.7 Å². The molecule has 0 bridgehead atoms. The van der Waals surface area contributed by atoms with Crippen molar-refractivity contribution in [3.63, 3.8) is 0 Å². The third-order valence-corrected chi connectivity index (χ3v) is 5.06. The normalized spacial score (nSPS) is 18.7. The number of likely N-dealkylation sites (tertiary alicyclic amines) is 1. The van der Waals surface area contributed by atoms with Gasteiger partial charge in [-0.15, -0.1) is 24.0 Å². The number of nitrogens with one attached hydrogen (secondary N) is 1. The van der Waals surface area contributed by atoms with E-state index in [1.165, 1.54) is 0 Å². The van der Waals surface area contributed by atoms with Crippen LogP contribution in [0, 0.1) is 5.92 Å². The lowest BCUT2D eigenvalue weighted by molar-refractivity contribution is -0.123. The Labute approximate surface area is 177 Å². The second-order valence-electron chi connectivity index (χ2n) is 7.12. The average molecular weight is 485 g/mol. The highest BCUT2D eigenvalue weighted by molar-refractivity contribution is 14.0. The summed E-state index contributed by atoms with van der Waals surface area (Å²) in [5.41, 5.74) is 7.70. The summed E-state index contributed by atoms with van der Waals surface area (Å²) in [5.74, 6) is 1.13. The Morgan fingerprint density at radius 1 is 1.19 bits per heavy atom. The Morgan fingerprint density at radius 3 is 2.48 bits per heavy atom. The van der Waals surface area contributed by atoms with E-state index in [1.54, 1.807) is 17.0 Å². The maximum absolute atomic E-state index is 12.4. The van der Waals surface area contributed by atoms with Crippen molar-refractivity contribution in [2.24, 2.45) is 16.6 Å². The van der Waals surface area contributed by atoms with E-state index in [0.717, 1.165) is 37.4 Å². The van der Waals surface area contributed by atoms with E-state index < -0.39 is 0 Å². The zero-order valence-electron chi connectivity index (χ0n) is 15.7. The van der Waals surface area contributed by atoms with E-state index in [2.05, 4.69) is 22.1 Å². The zero-order chi connectivity index (χ0) is 18.5. The van der Waals surface area contributed by atoms with Crippen LogP contribution >= 0.6 is 24.0 Å². The van der Waals surface area contributed by atoms with Gasteiger partial charge in [0.05, 0.1) is 13.1 Å². The first-order valence-electron chi connectivity index (χ1n) is 9.22. The molecule has 148 valence electrons. The maximum Gasteiger partial charge on any atom is 0.254 e. The summed E-state index contributed by atoms with van der Waals surface area (Å²) >= 11 is 0. The van der Waals surface area contributed by atoms with Crippen LogP contribution in [0.1, 0.15) is 35.7 Å². The minimum Gasteiger partial charge on any atom is -0.370 e. The molecule has 2 amide bonds. The van der Waals surface area contributed by atoms with Crippen LogP contribution in [-0.4, -0.2) is 60.3 Å². The molecule has 8 heteroatoms. The minimum atomic E-state index is -0.114. The molecule has 2 fully saturated rings. The smallest absolute Gasteiger partial charge is 0.254 e. The van der Waals surface area contributed by atoms with Crippen LogP contribution in [0.5, 0.6) is 0 Å². The molecule has 2 aliphatic rings. The molecule has 1 aromatic rings. The highest BCUT2D eigenvalue weighted by Gasteiger charge is 2.22. The highest BCUT2D eigenvalue weighted by atomic mass is 127. The molecule has 0 radical (unpaired) electrons. The minimum absolute atomic E-state index is 0. The number of halogens is 1. The van der Waals surface area contributed by atoms with Crippen LogP contribution in [0.25, 0.3) is 0 Å². The predicted molar refractivity (Wildman–Crippen MR) is 116 cm³/mol. The molecular weight excluding hydrogens is 457 g/mol. The van der Waals surface area contributed by atoms with Gasteiger partial charge in [-0.05, 0) is 36.5 Å². The number of carbonyl (C=O) groups excluding carboxylic acids is 2. The fourth-order valence-electron chi connectivity index (χ4n) is 3.26. The van der Waals surface area contributed by atoms with E-state index in [-0.39, 0.29) is 42.3 Å². The van der Waals surface area contributed by atoms with Crippen molar-refractivity contribution in [1.29, 1.82) is 0 Å². The second kappa shape index (κ2) is 9.91. The van der Waals surface area contributed by atoms with E-state index in [9.17, 15) is 9.59 Å². The number of aliphatic imine (C=N–C) groups is 1. The van der Waals surface area contributed by atoms with Crippen LogP contribution in [0.3, 0.4) is 0 Å². The number of rotatable bonds is 3. The van der Waals surface area contributed by atoms with Gasteiger partial charge in [0.15, 0.2) is 5.96 Å². The predicted octanol–water partition coefficient (Wildman–Crippen LogP) is 1.42. The van der Waals surface area contributed by atoms with Crippen LogP contribution < -0.4 is 11.1 Å². The van der Waals surface area contributed by atoms with Gasteiger partial charge in [0.2, 0.25) is 5.91 Å². The number of carbonyl (C=O) groups is 2. The van der Waals surface area contributed by atoms with Crippen molar-refractivity contribution in [1.82, 2.24) is 15.1 Å². The number of nitrogens with zero attached hydrogens (tertiary/aromatic N) is 3. The summed E-state index contributed by atoms with van der Waals surface area (Å²) in [4.78, 5) is 32.1. The second-order valence-corrected chi connectivity index (χ2v) is 7.12. The number of piperidine rings is 1. The number of benzene rings is 1. The third-order valence-electron chi connectivity index (χ3n) is 5.06. The topological polar surface area (TPSA) is 91.0 Å². The molecule has 0 aromatic heterocycles. The number of nitrogens with two attached hydrogens (primary N) is 1. The molecule has 0 aliphatic carbocycles. The summed E-state index contributed by atoms with van der Waals surface area (Å²) in [6, 6.07) is 7.37. The fourth-order valence-corrected chi connectivity index (χ4v) is 3.26. The van der Waals surface area contributed by atoms with Gasteiger partial charge in [-0.2, -0.15) is 0 Å². The van der Waals surface area contributed by atoms with Crippen molar-refractivity contribution in [3.05, 3.63) is 35.4 Å². The Morgan fingerprint density at radius 2 is 1.85 bits per heavy atom. The molecule has 2 aliphatic heterocycles. The zero-order valence-corrected chi connectivity index (χ0v) is 18.0. The number of amides is 2. The lowest BCUT2D eigenvalue weighted by Crippen LogP contribution is -2.49. The molecule has 3 N–H and O–H groups in total. The maximum atomic E-state index is 12.4. The third kappa shape index (κ3) is 5.82. The van der Waals surface area contributed by atoms with Crippen molar-refractivity contribution in [2.75, 3.05) is 32.7 Å². The largest absolute Gasteiger partial charge is 0.370 e. The van der Waals surface area contributed by atoms with Gasteiger partial charge in [-0.3, -0.25) is 9.59 Å². The molecule has 2 saturated heterocycles. The first kappa shape index (κ1) is 21.5. The van der Waals surface area contributed by atoms with Gasteiger partial charge >= 0.3 is 0 Å². The highest BCUT2D eigenvalue weighted by Crippen LogP contribution is 2.16. The first-order valence-corrected chi connectivity index (χ1v) is 9.22. The molecule has 7 nitrogen and oxygen atoms in total. The van der Waals surface area contributed by atoms with Gasteiger partial charge < -0.3 is 20.9 Å². The summed E-state index contributed by atoms with van der Waals surface area (Å²) in [6.45, 7) is 5.87. The van der Waals surface area contributed by atoms with E-state index in [0.29, 0.717) is 31.2 Å². The molecule has 3 rings (SSSR count). The monoisotopic (exact) mass is 485 g/mol. The quantitative estimate of drug-likeness (QED) is 0.385. The molecule has 0 atom stereocenters. The molecule has 0 unspecified atom stereocenters. The summed E-state index contributed by atoms with van der Waals surface area (Å²) < 4.78 is 0. The molecular formula is C19H28IN5O2. The Balaban J connectivity index is 0.00000261. The molecule has 0 saturated carbocycles. The Bertz CT molecular complexity index is 684. The van der Waals surface area contributed by atoms with E-state index in [4.69, 9.17) is 5.73 Å². The van der Waals surface area contributed by atoms with Gasteiger partial charge in [-0.25, -0.2) is 4.99 Å². The number of guanidine groups is 1. The lowest BCUT2D eigenvalue weighted by atomic mass is 10.00. The summed E-state index contributed by atoms with van der Waals surface area (Å²) in [5, 5.41) is 2.72. The van der Waals surface area contributed by atoms with E-state index in [1.807, 2.05) is 12.1 Å². The van der Waals surface area contributed by atoms with Crippen LogP contribution in [0.4, 0.5) is 0 Å². The number of hydrogen-bond donors (Lipinski definition) is 2. The SMILES string of the molecule is CC1CCN(C(N)=NCc2ccc(C(=O)N3CCNC(=O)C3)cc2)CC1.I. The molecule has 2 heterocycles. The van der Waals surface area contributed by atoms with Gasteiger partial charge in [0.25, 0.3) is 5.91 Å². The average Bonchev–Trinajstić information content (AvgIpc) is 2.66. The number of hydrogen-bond acceptors (Lipinski definition) is 3. The van der Waals surface area contributed by atoms with Crippen LogP contribution in [-0.2, 0) is 11.3 Å². The van der Waals surface area contributed by atoms with E-state index >= 15 is 0 Å². The Kier molecular flexibility index (Phi) is 7.88. The molecule has 1 aromatic carbocycles.